The molecule has 0 radical (unpaired) electrons. The van der Waals surface area contributed by atoms with Gasteiger partial charge in [-0.05, 0) is 50.6 Å². The highest BCUT2D eigenvalue weighted by atomic mass is 32.2. The SMILES string of the molecule is CC(NCC(O)CN1CCCC1)c1ccc(S(C)(=O)=O)cc1. The van der Waals surface area contributed by atoms with Gasteiger partial charge >= 0.3 is 0 Å². The lowest BCUT2D eigenvalue weighted by Crippen LogP contribution is -2.37. The summed E-state index contributed by atoms with van der Waals surface area (Å²) in [4.78, 5) is 2.62. The number of aliphatic hydroxyl groups is 1. The van der Waals surface area contributed by atoms with Crippen molar-refractivity contribution in [2.24, 2.45) is 0 Å². The van der Waals surface area contributed by atoms with E-state index >= 15 is 0 Å². The molecular weight excluding hydrogens is 300 g/mol. The maximum Gasteiger partial charge on any atom is 0.175 e. The summed E-state index contributed by atoms with van der Waals surface area (Å²) in [5.74, 6) is 0. The summed E-state index contributed by atoms with van der Waals surface area (Å²) >= 11 is 0. The second kappa shape index (κ2) is 7.55. The van der Waals surface area contributed by atoms with Crippen LogP contribution < -0.4 is 5.32 Å². The summed E-state index contributed by atoms with van der Waals surface area (Å²) in [6.45, 7) is 5.43. The molecule has 0 saturated carbocycles. The fourth-order valence-electron chi connectivity index (χ4n) is 2.76. The van der Waals surface area contributed by atoms with Crippen LogP contribution in [0.3, 0.4) is 0 Å². The van der Waals surface area contributed by atoms with Gasteiger partial charge in [-0.25, -0.2) is 8.42 Å². The summed E-state index contributed by atoms with van der Waals surface area (Å²) in [5.41, 5.74) is 1.01. The predicted molar refractivity (Wildman–Crippen MR) is 87.7 cm³/mol. The van der Waals surface area contributed by atoms with Crippen molar-refractivity contribution in [2.45, 2.75) is 36.8 Å². The molecular formula is C16H26N2O3S. The van der Waals surface area contributed by atoms with E-state index < -0.39 is 9.84 Å². The van der Waals surface area contributed by atoms with E-state index in [9.17, 15) is 13.5 Å². The van der Waals surface area contributed by atoms with E-state index in [1.54, 1.807) is 12.1 Å². The van der Waals surface area contributed by atoms with Crippen molar-refractivity contribution >= 4 is 9.84 Å². The van der Waals surface area contributed by atoms with Crippen LogP contribution in [0.1, 0.15) is 31.4 Å². The van der Waals surface area contributed by atoms with Gasteiger partial charge in [0.2, 0.25) is 0 Å². The van der Waals surface area contributed by atoms with Crippen LogP contribution >= 0.6 is 0 Å². The minimum atomic E-state index is -3.15. The zero-order valence-electron chi connectivity index (χ0n) is 13.3. The zero-order chi connectivity index (χ0) is 16.2. The van der Waals surface area contributed by atoms with Gasteiger partial charge in [-0.3, -0.25) is 0 Å². The van der Waals surface area contributed by atoms with Crippen LogP contribution in [-0.4, -0.2) is 57.0 Å². The number of likely N-dealkylation sites (tertiary alicyclic amines) is 1. The van der Waals surface area contributed by atoms with Crippen molar-refractivity contribution in [3.63, 3.8) is 0 Å². The zero-order valence-corrected chi connectivity index (χ0v) is 14.1. The maximum atomic E-state index is 11.4. The number of sulfone groups is 1. The number of β-amino-alcohol motifs (C(OH)–C–C–N with tert-alkyl or cyclic N) is 1. The number of benzene rings is 1. The quantitative estimate of drug-likeness (QED) is 0.788. The van der Waals surface area contributed by atoms with E-state index in [2.05, 4.69) is 10.2 Å². The summed E-state index contributed by atoms with van der Waals surface area (Å²) in [6.07, 6.45) is 3.28. The molecule has 22 heavy (non-hydrogen) atoms. The van der Waals surface area contributed by atoms with Crippen LogP contribution in [0.4, 0.5) is 0 Å². The molecule has 5 nitrogen and oxygen atoms in total. The van der Waals surface area contributed by atoms with Crippen molar-refractivity contribution in [1.82, 2.24) is 10.2 Å². The lowest BCUT2D eigenvalue weighted by Gasteiger charge is -2.22. The first-order valence-corrected chi connectivity index (χ1v) is 9.69. The molecule has 1 aliphatic heterocycles. The smallest absolute Gasteiger partial charge is 0.175 e. The van der Waals surface area contributed by atoms with Crippen LogP contribution in [0.15, 0.2) is 29.2 Å². The fourth-order valence-corrected chi connectivity index (χ4v) is 3.39. The number of aliphatic hydroxyl groups excluding tert-OH is 1. The second-order valence-corrected chi connectivity index (χ2v) is 8.15. The van der Waals surface area contributed by atoms with Gasteiger partial charge in [0, 0.05) is 25.4 Å². The number of hydrogen-bond donors (Lipinski definition) is 2. The highest BCUT2D eigenvalue weighted by Gasteiger charge is 2.16. The molecule has 2 atom stereocenters. The van der Waals surface area contributed by atoms with Crippen molar-refractivity contribution < 1.29 is 13.5 Å². The maximum absolute atomic E-state index is 11.4. The van der Waals surface area contributed by atoms with E-state index in [1.165, 1.54) is 19.1 Å². The van der Waals surface area contributed by atoms with Gasteiger partial charge in [-0.1, -0.05) is 12.1 Å². The molecule has 1 aliphatic rings. The Bertz CT molecular complexity index is 566. The van der Waals surface area contributed by atoms with Gasteiger partial charge < -0.3 is 15.3 Å². The molecule has 1 fully saturated rings. The molecule has 6 heteroatoms. The lowest BCUT2D eigenvalue weighted by molar-refractivity contribution is 0.121. The van der Waals surface area contributed by atoms with Crippen molar-refractivity contribution in [3.05, 3.63) is 29.8 Å². The van der Waals surface area contributed by atoms with Gasteiger partial charge in [0.15, 0.2) is 9.84 Å². The number of nitrogens with one attached hydrogen (secondary N) is 1. The Morgan fingerprint density at radius 2 is 1.82 bits per heavy atom. The van der Waals surface area contributed by atoms with Crippen molar-refractivity contribution in [1.29, 1.82) is 0 Å². The molecule has 0 spiro atoms. The first-order chi connectivity index (χ1) is 10.4. The standard InChI is InChI=1S/C16H26N2O3S/c1-13(14-5-7-16(8-6-14)22(2,20)21)17-11-15(19)12-18-9-3-4-10-18/h5-8,13,15,17,19H,3-4,9-12H2,1-2H3. The Hall–Kier alpha value is -0.950. The van der Waals surface area contributed by atoms with Gasteiger partial charge in [0.25, 0.3) is 0 Å². The molecule has 2 unspecified atom stereocenters. The summed E-state index contributed by atoms with van der Waals surface area (Å²) in [6, 6.07) is 6.97. The predicted octanol–water partition coefficient (Wildman–Crippen LogP) is 1.20. The monoisotopic (exact) mass is 326 g/mol. The molecule has 0 amide bonds. The lowest BCUT2D eigenvalue weighted by atomic mass is 10.1. The van der Waals surface area contributed by atoms with Crippen LogP contribution in [0.5, 0.6) is 0 Å². The van der Waals surface area contributed by atoms with Gasteiger partial charge in [-0.2, -0.15) is 0 Å². The van der Waals surface area contributed by atoms with E-state index in [-0.39, 0.29) is 12.1 Å². The molecule has 124 valence electrons. The first kappa shape index (κ1) is 17.4. The van der Waals surface area contributed by atoms with E-state index in [4.69, 9.17) is 0 Å². The Morgan fingerprint density at radius 3 is 2.36 bits per heavy atom. The van der Waals surface area contributed by atoms with Crippen LogP contribution in [0.2, 0.25) is 0 Å². The average Bonchev–Trinajstić information content (AvgIpc) is 2.97. The van der Waals surface area contributed by atoms with Gasteiger partial charge in [0.05, 0.1) is 11.0 Å². The molecule has 0 bridgehead atoms. The van der Waals surface area contributed by atoms with Gasteiger partial charge in [0.1, 0.15) is 0 Å². The van der Waals surface area contributed by atoms with Crippen LogP contribution in [0, 0.1) is 0 Å². The summed E-state index contributed by atoms with van der Waals surface area (Å²) in [5, 5.41) is 13.4. The molecule has 1 heterocycles. The Balaban J connectivity index is 1.82. The molecule has 2 N–H and O–H groups in total. The third kappa shape index (κ3) is 5.05. The van der Waals surface area contributed by atoms with Crippen LogP contribution in [-0.2, 0) is 9.84 Å². The highest BCUT2D eigenvalue weighted by Crippen LogP contribution is 2.16. The molecule has 1 aromatic rings. The van der Waals surface area contributed by atoms with E-state index in [0.29, 0.717) is 18.0 Å². The highest BCUT2D eigenvalue weighted by molar-refractivity contribution is 7.90. The third-order valence-corrected chi connectivity index (χ3v) is 5.26. The summed E-state index contributed by atoms with van der Waals surface area (Å²) in [7, 11) is -3.15. The van der Waals surface area contributed by atoms with E-state index in [0.717, 1.165) is 18.7 Å². The Labute approximate surface area is 133 Å². The number of rotatable bonds is 7. The molecule has 0 aromatic heterocycles. The molecule has 2 rings (SSSR count). The Morgan fingerprint density at radius 1 is 1.23 bits per heavy atom. The normalized spacial score (nSPS) is 19.2. The molecule has 1 saturated heterocycles. The fraction of sp³-hybridized carbons (Fsp3) is 0.625. The Kier molecular flexibility index (Phi) is 5.97. The van der Waals surface area contributed by atoms with Crippen LogP contribution in [0.25, 0.3) is 0 Å². The molecule has 0 aliphatic carbocycles. The van der Waals surface area contributed by atoms with Gasteiger partial charge in [-0.15, -0.1) is 0 Å². The van der Waals surface area contributed by atoms with Crippen molar-refractivity contribution in [3.8, 4) is 0 Å². The second-order valence-electron chi connectivity index (χ2n) is 6.13. The summed E-state index contributed by atoms with van der Waals surface area (Å²) < 4.78 is 22.9. The first-order valence-electron chi connectivity index (χ1n) is 7.80. The minimum absolute atomic E-state index is 0.0711. The average molecular weight is 326 g/mol. The number of nitrogens with zero attached hydrogens (tertiary/aromatic N) is 1. The topological polar surface area (TPSA) is 69.6 Å². The third-order valence-electron chi connectivity index (χ3n) is 4.14. The van der Waals surface area contributed by atoms with E-state index in [1.807, 2.05) is 19.1 Å². The van der Waals surface area contributed by atoms with Crippen molar-refractivity contribution in [2.75, 3.05) is 32.4 Å². The molecule has 1 aromatic carbocycles. The number of hydrogen-bond acceptors (Lipinski definition) is 5. The largest absolute Gasteiger partial charge is 0.390 e. The minimum Gasteiger partial charge on any atom is -0.390 e.